The maximum absolute atomic E-state index is 6.61. The number of halogens is 3. The van der Waals surface area contributed by atoms with Gasteiger partial charge >= 0.3 is 0 Å². The van der Waals surface area contributed by atoms with Crippen molar-refractivity contribution in [3.05, 3.63) is 54.6 Å². The van der Waals surface area contributed by atoms with Crippen LogP contribution in [0, 0.1) is 0 Å². The molecule has 0 aliphatic heterocycles. The van der Waals surface area contributed by atoms with Crippen LogP contribution in [0.2, 0.25) is 0 Å². The van der Waals surface area contributed by atoms with E-state index >= 15 is 0 Å². The fourth-order valence-electron chi connectivity index (χ4n) is 2.32. The van der Waals surface area contributed by atoms with Gasteiger partial charge in [-0.1, -0.05) is 24.3 Å². The monoisotopic (exact) mass is 390 g/mol. The van der Waals surface area contributed by atoms with Gasteiger partial charge in [0.2, 0.25) is 0 Å². The third kappa shape index (κ3) is 2.12. The fourth-order valence-corrected chi connectivity index (χ4v) is 5.84. The van der Waals surface area contributed by atoms with Crippen LogP contribution in [0.15, 0.2) is 37.9 Å². The van der Waals surface area contributed by atoms with Gasteiger partial charge in [0.15, 0.2) is 0 Å². The van der Waals surface area contributed by atoms with Gasteiger partial charge in [-0.3, -0.25) is 0 Å². The number of benzene rings is 1. The maximum Gasteiger partial charge on any atom is 0.0757 e. The zero-order valence-corrected chi connectivity index (χ0v) is 13.5. The number of fused-ring (bicyclic) bond motifs is 1. The molecule has 0 fully saturated rings. The topological polar surface area (TPSA) is 0 Å². The van der Waals surface area contributed by atoms with E-state index in [0.717, 1.165) is 14.0 Å². The van der Waals surface area contributed by atoms with Crippen molar-refractivity contribution in [1.82, 2.24) is 0 Å². The molecule has 0 saturated heterocycles. The lowest BCUT2D eigenvalue weighted by atomic mass is 9.74. The van der Waals surface area contributed by atoms with Crippen molar-refractivity contribution >= 4 is 54.8 Å². The first kappa shape index (κ1) is 12.2. The first-order valence-corrected chi connectivity index (χ1v) is 8.17. The van der Waals surface area contributed by atoms with Crippen LogP contribution in [-0.2, 0) is 6.42 Å². The molecule has 1 aromatic heterocycles. The van der Waals surface area contributed by atoms with E-state index in [1.807, 2.05) is 0 Å². The lowest BCUT2D eigenvalue weighted by Crippen LogP contribution is -2.20. The van der Waals surface area contributed by atoms with Crippen molar-refractivity contribution in [1.29, 1.82) is 0 Å². The predicted octanol–water partition coefficient (Wildman–Crippen LogP) is 5.89. The molecular weight excluding hydrogens is 383 g/mol. The summed E-state index contributed by atoms with van der Waals surface area (Å²) in [4.78, 5) is 0. The molecule has 1 heterocycles. The minimum absolute atomic E-state index is 0.0572. The zero-order valence-electron chi connectivity index (χ0n) is 8.79. The minimum Gasteiger partial charge on any atom is -0.121 e. The number of hydrogen-bond donors (Lipinski definition) is 0. The lowest BCUT2D eigenvalue weighted by Gasteiger charge is -2.33. The zero-order chi connectivity index (χ0) is 12.0. The molecule has 0 spiro atoms. The maximum atomic E-state index is 6.61. The summed E-state index contributed by atoms with van der Waals surface area (Å²) in [6.45, 7) is 0. The Morgan fingerprint density at radius 2 is 2.06 bits per heavy atom. The van der Waals surface area contributed by atoms with E-state index in [2.05, 4.69) is 62.2 Å². The Bertz CT molecular complexity index is 564. The third-order valence-electron chi connectivity index (χ3n) is 3.23. The average Bonchev–Trinajstić information content (AvgIpc) is 2.59. The second kappa shape index (κ2) is 4.69. The van der Waals surface area contributed by atoms with Crippen LogP contribution >= 0.6 is 54.8 Å². The van der Waals surface area contributed by atoms with E-state index in [4.69, 9.17) is 11.6 Å². The van der Waals surface area contributed by atoms with Gasteiger partial charge in [-0.2, -0.15) is 0 Å². The van der Waals surface area contributed by atoms with Crippen LogP contribution < -0.4 is 0 Å². The molecule has 2 unspecified atom stereocenters. The smallest absolute Gasteiger partial charge is 0.0757 e. The molecule has 88 valence electrons. The van der Waals surface area contributed by atoms with Gasteiger partial charge < -0.3 is 0 Å². The van der Waals surface area contributed by atoms with Gasteiger partial charge in [-0.15, -0.1) is 22.9 Å². The highest BCUT2D eigenvalue weighted by atomic mass is 79.9. The SMILES string of the molecule is ClC(c1cc(Br)sc1Br)C1Cc2ccccc21. The molecule has 0 bridgehead atoms. The minimum atomic E-state index is 0.0572. The first-order chi connectivity index (χ1) is 8.16. The molecule has 2 aromatic rings. The van der Waals surface area contributed by atoms with E-state index in [-0.39, 0.29) is 5.38 Å². The van der Waals surface area contributed by atoms with Gasteiger partial charge in [-0.25, -0.2) is 0 Å². The molecule has 0 saturated carbocycles. The van der Waals surface area contributed by atoms with Crippen molar-refractivity contribution < 1.29 is 0 Å². The van der Waals surface area contributed by atoms with E-state index in [0.29, 0.717) is 5.92 Å². The molecule has 0 radical (unpaired) electrons. The lowest BCUT2D eigenvalue weighted by molar-refractivity contribution is 0.587. The summed E-state index contributed by atoms with van der Waals surface area (Å²) in [6, 6.07) is 10.7. The molecule has 0 N–H and O–H groups in total. The standard InChI is InChI=1S/C13H9Br2ClS/c14-11-6-10(13(15)17-11)12(16)9-5-7-3-1-2-4-8(7)9/h1-4,6,9,12H,5H2. The number of thiophene rings is 1. The number of alkyl halides is 1. The molecule has 1 aliphatic carbocycles. The molecular formula is C13H9Br2ClS. The van der Waals surface area contributed by atoms with Gasteiger partial charge in [0.1, 0.15) is 0 Å². The van der Waals surface area contributed by atoms with Crippen molar-refractivity contribution in [3.8, 4) is 0 Å². The molecule has 17 heavy (non-hydrogen) atoms. The number of hydrogen-bond acceptors (Lipinski definition) is 1. The van der Waals surface area contributed by atoms with Crippen LogP contribution in [0.25, 0.3) is 0 Å². The Hall–Kier alpha value is 0.170. The summed E-state index contributed by atoms with van der Waals surface area (Å²) in [5.74, 6) is 0.450. The summed E-state index contributed by atoms with van der Waals surface area (Å²) in [5.41, 5.74) is 4.04. The van der Waals surface area contributed by atoms with Crippen molar-refractivity contribution in [2.24, 2.45) is 0 Å². The van der Waals surface area contributed by atoms with Gasteiger partial charge in [-0.05, 0) is 61.0 Å². The molecule has 1 aliphatic rings. The largest absolute Gasteiger partial charge is 0.121 e. The second-order valence-electron chi connectivity index (χ2n) is 4.19. The van der Waals surface area contributed by atoms with Crippen molar-refractivity contribution in [3.63, 3.8) is 0 Å². The van der Waals surface area contributed by atoms with Crippen LogP contribution in [0.1, 0.15) is 28.0 Å². The third-order valence-corrected chi connectivity index (χ3v) is 6.15. The van der Waals surface area contributed by atoms with Gasteiger partial charge in [0, 0.05) is 5.92 Å². The van der Waals surface area contributed by atoms with Gasteiger partial charge in [0.05, 0.1) is 12.9 Å². The van der Waals surface area contributed by atoms with E-state index in [1.54, 1.807) is 11.3 Å². The molecule has 1 aromatic carbocycles. The summed E-state index contributed by atoms with van der Waals surface area (Å²) >= 11 is 15.4. The Labute approximate surface area is 126 Å². The molecule has 0 amide bonds. The fraction of sp³-hybridized carbons (Fsp3) is 0.231. The summed E-state index contributed by atoms with van der Waals surface area (Å²) in [6.07, 6.45) is 1.09. The predicted molar refractivity (Wildman–Crippen MR) is 81.2 cm³/mol. The first-order valence-electron chi connectivity index (χ1n) is 5.33. The Kier molecular flexibility index (Phi) is 3.37. The Balaban J connectivity index is 1.91. The van der Waals surface area contributed by atoms with E-state index < -0.39 is 0 Å². The second-order valence-corrected chi connectivity index (χ2v) is 8.41. The van der Waals surface area contributed by atoms with Crippen molar-refractivity contribution in [2.45, 2.75) is 17.7 Å². The van der Waals surface area contributed by atoms with Crippen LogP contribution in [0.3, 0.4) is 0 Å². The Morgan fingerprint density at radius 3 is 2.71 bits per heavy atom. The van der Waals surface area contributed by atoms with Gasteiger partial charge in [0.25, 0.3) is 0 Å². The highest BCUT2D eigenvalue weighted by Crippen LogP contribution is 2.50. The van der Waals surface area contributed by atoms with E-state index in [1.165, 1.54) is 16.7 Å². The quantitative estimate of drug-likeness (QED) is 0.559. The van der Waals surface area contributed by atoms with E-state index in [9.17, 15) is 0 Å². The summed E-state index contributed by atoms with van der Waals surface area (Å²) in [7, 11) is 0. The molecule has 4 heteroatoms. The highest BCUT2D eigenvalue weighted by Gasteiger charge is 2.33. The summed E-state index contributed by atoms with van der Waals surface area (Å²) < 4.78 is 2.26. The number of rotatable bonds is 2. The van der Waals surface area contributed by atoms with Crippen LogP contribution in [-0.4, -0.2) is 0 Å². The normalized spacial score (nSPS) is 19.6. The molecule has 0 nitrogen and oxygen atoms in total. The Morgan fingerprint density at radius 1 is 1.29 bits per heavy atom. The van der Waals surface area contributed by atoms with Crippen LogP contribution in [0.4, 0.5) is 0 Å². The van der Waals surface area contributed by atoms with Crippen molar-refractivity contribution in [2.75, 3.05) is 0 Å². The van der Waals surface area contributed by atoms with Crippen LogP contribution in [0.5, 0.6) is 0 Å². The summed E-state index contributed by atoms with van der Waals surface area (Å²) in [5, 5.41) is 0.0572. The highest BCUT2D eigenvalue weighted by molar-refractivity contribution is 9.12. The molecule has 2 atom stereocenters. The molecule has 3 rings (SSSR count). The average molecular weight is 393 g/mol.